The summed E-state index contributed by atoms with van der Waals surface area (Å²) in [5.41, 5.74) is 6.85. The van der Waals surface area contributed by atoms with E-state index in [9.17, 15) is 9.59 Å². The van der Waals surface area contributed by atoms with Crippen LogP contribution < -0.4 is 5.32 Å². The lowest BCUT2D eigenvalue weighted by atomic mass is 9.95. The molecule has 0 unspecified atom stereocenters. The van der Waals surface area contributed by atoms with Crippen LogP contribution in [0.25, 0.3) is 5.57 Å². The Labute approximate surface area is 208 Å². The van der Waals surface area contributed by atoms with Crippen LogP contribution in [-0.4, -0.2) is 11.7 Å². The lowest BCUT2D eigenvalue weighted by Crippen LogP contribution is -2.11. The lowest BCUT2D eigenvalue weighted by Gasteiger charge is -2.10. The highest BCUT2D eigenvalue weighted by atomic mass is 16.1. The number of ketones is 1. The molecule has 0 aliphatic carbocycles. The van der Waals surface area contributed by atoms with Crippen LogP contribution in [0.2, 0.25) is 0 Å². The van der Waals surface area contributed by atoms with Gasteiger partial charge in [-0.1, -0.05) is 77.6 Å². The molecule has 1 amide bonds. The smallest absolute Gasteiger partial charge is 0.250 e. The number of allylic oxidation sites excluding steroid dienone is 9. The minimum Gasteiger partial charge on any atom is -0.322 e. The lowest BCUT2D eigenvalue weighted by molar-refractivity contribution is -0.113. The summed E-state index contributed by atoms with van der Waals surface area (Å²) in [5.74, 6) is -0.119. The highest BCUT2D eigenvalue weighted by molar-refractivity contribution is 6.02. The van der Waals surface area contributed by atoms with Gasteiger partial charge in [0.15, 0.2) is 5.78 Å². The number of benzene rings is 1. The zero-order chi connectivity index (χ0) is 25.6. The van der Waals surface area contributed by atoms with Crippen molar-refractivity contribution in [2.24, 2.45) is 0 Å². The van der Waals surface area contributed by atoms with E-state index in [1.54, 1.807) is 13.8 Å². The number of Topliss-reactive ketones (excluding diaryl/α,β-unsaturated/α-hetero) is 1. The molecule has 0 aromatic heterocycles. The Bertz CT molecular complexity index is 967. The molecule has 0 fully saturated rings. The number of anilines is 1. The van der Waals surface area contributed by atoms with Gasteiger partial charge in [0, 0.05) is 16.8 Å². The number of carbonyl (C=O) groups excluding carboxylic acids is 2. The molecule has 3 nitrogen and oxygen atoms in total. The zero-order valence-corrected chi connectivity index (χ0v) is 21.8. The summed E-state index contributed by atoms with van der Waals surface area (Å²) in [6.45, 7) is 23.3. The molecule has 0 saturated carbocycles. The molecule has 3 heteroatoms. The van der Waals surface area contributed by atoms with E-state index in [1.807, 2.05) is 83.2 Å². The number of nitrogens with one attached hydrogen (secondary N) is 1. The maximum atomic E-state index is 12.2. The van der Waals surface area contributed by atoms with E-state index < -0.39 is 0 Å². The molecule has 34 heavy (non-hydrogen) atoms. The van der Waals surface area contributed by atoms with E-state index in [1.165, 1.54) is 0 Å². The third-order valence-corrected chi connectivity index (χ3v) is 4.86. The minimum absolute atomic E-state index is 0. The van der Waals surface area contributed by atoms with Gasteiger partial charge in [-0.3, -0.25) is 9.59 Å². The molecule has 0 saturated heterocycles. The minimum atomic E-state index is -0.199. The first-order valence-electron chi connectivity index (χ1n) is 11.6. The quantitative estimate of drug-likeness (QED) is 0.278. The average Bonchev–Trinajstić information content (AvgIpc) is 2.78. The van der Waals surface area contributed by atoms with Gasteiger partial charge in [-0.2, -0.15) is 0 Å². The fourth-order valence-electron chi connectivity index (χ4n) is 3.08. The molecule has 1 aromatic rings. The monoisotopic (exact) mass is 463 g/mol. The van der Waals surface area contributed by atoms with Gasteiger partial charge in [-0.25, -0.2) is 0 Å². The summed E-state index contributed by atoms with van der Waals surface area (Å²) < 4.78 is 0. The van der Waals surface area contributed by atoms with Crippen molar-refractivity contribution in [1.29, 1.82) is 0 Å². The Kier molecular flexibility index (Phi) is 16.8. The van der Waals surface area contributed by atoms with Gasteiger partial charge in [0.25, 0.3) is 5.91 Å². The highest BCUT2D eigenvalue weighted by Gasteiger charge is 2.08. The first kappa shape index (κ1) is 33.0. The van der Waals surface area contributed by atoms with Crippen molar-refractivity contribution < 1.29 is 9.59 Å². The normalized spacial score (nSPS) is 12.1. The molecule has 1 rings (SSSR count). The summed E-state index contributed by atoms with van der Waals surface area (Å²) >= 11 is 0. The SMILES string of the molecule is C.C=C(C)C(=O)Nc1ccc(C(=C)/C=C(\C=C/C)C(/C)=C/C(C(C)=O)=C(\C)CCC)cc1.CC. The largest absolute Gasteiger partial charge is 0.322 e. The Hall–Kier alpha value is -3.20. The number of amides is 1. The van der Waals surface area contributed by atoms with E-state index in [0.29, 0.717) is 11.3 Å². The fourth-order valence-corrected chi connectivity index (χ4v) is 3.08. The predicted octanol–water partition coefficient (Wildman–Crippen LogP) is 9.03. The fraction of sp³-hybridized carbons (Fsp3) is 0.355. The van der Waals surface area contributed by atoms with Crippen LogP contribution in [0, 0.1) is 0 Å². The van der Waals surface area contributed by atoms with Crippen LogP contribution in [0.4, 0.5) is 5.69 Å². The maximum absolute atomic E-state index is 12.2. The summed E-state index contributed by atoms with van der Waals surface area (Å²) in [6.07, 6.45) is 9.89. The second-order valence-corrected chi connectivity index (χ2v) is 7.76. The molecule has 186 valence electrons. The van der Waals surface area contributed by atoms with Crippen molar-refractivity contribution >= 4 is 23.0 Å². The van der Waals surface area contributed by atoms with Crippen LogP contribution in [0.3, 0.4) is 0 Å². The number of hydrogen-bond acceptors (Lipinski definition) is 2. The second-order valence-electron chi connectivity index (χ2n) is 7.76. The van der Waals surface area contributed by atoms with Crippen molar-refractivity contribution in [2.75, 3.05) is 5.32 Å². The summed E-state index contributed by atoms with van der Waals surface area (Å²) in [6, 6.07) is 7.53. The van der Waals surface area contributed by atoms with Crippen LogP contribution in [0.5, 0.6) is 0 Å². The van der Waals surface area contributed by atoms with Crippen LogP contribution >= 0.6 is 0 Å². The molecular formula is C31H45NO2. The van der Waals surface area contributed by atoms with Gasteiger partial charge in [0.1, 0.15) is 0 Å². The third-order valence-electron chi connectivity index (χ3n) is 4.86. The van der Waals surface area contributed by atoms with Gasteiger partial charge in [-0.15, -0.1) is 0 Å². The van der Waals surface area contributed by atoms with E-state index in [2.05, 4.69) is 25.4 Å². The van der Waals surface area contributed by atoms with E-state index in [4.69, 9.17) is 0 Å². The van der Waals surface area contributed by atoms with Crippen LogP contribution in [0.15, 0.2) is 89.6 Å². The zero-order valence-electron chi connectivity index (χ0n) is 21.8. The molecule has 0 heterocycles. The maximum Gasteiger partial charge on any atom is 0.250 e. The molecule has 0 aliphatic heterocycles. The molecule has 0 spiro atoms. The molecule has 1 N–H and O–H groups in total. The van der Waals surface area contributed by atoms with Crippen LogP contribution in [-0.2, 0) is 9.59 Å². The van der Waals surface area contributed by atoms with Gasteiger partial charge < -0.3 is 5.32 Å². The standard InChI is InChI=1S/C28H35NO2.C2H6.CH4/c1-9-11-20(5)27(23(8)30)18-22(7)25(12-10-2)17-21(6)24-13-15-26(16-14-24)29-28(31)19(3)4;1-2;/h10,12-18H,3,6,9,11H2,1-2,4-5,7-8H3,(H,29,31);1-2H3;1H4/b12-10-,22-18+,25-17+,27-20-;;. The van der Waals surface area contributed by atoms with Crippen molar-refractivity contribution in [1.82, 2.24) is 0 Å². The van der Waals surface area contributed by atoms with Crippen molar-refractivity contribution in [2.45, 2.75) is 75.7 Å². The average molecular weight is 464 g/mol. The van der Waals surface area contributed by atoms with Crippen molar-refractivity contribution in [3.05, 3.63) is 95.2 Å². The Morgan fingerprint density at radius 3 is 1.97 bits per heavy atom. The van der Waals surface area contributed by atoms with E-state index in [-0.39, 0.29) is 19.1 Å². The van der Waals surface area contributed by atoms with Gasteiger partial charge in [0.2, 0.25) is 0 Å². The van der Waals surface area contributed by atoms with Crippen LogP contribution in [0.1, 0.15) is 81.2 Å². The first-order valence-corrected chi connectivity index (χ1v) is 11.6. The summed E-state index contributed by atoms with van der Waals surface area (Å²) in [7, 11) is 0. The molecule has 1 aromatic carbocycles. The first-order chi connectivity index (χ1) is 15.6. The second kappa shape index (κ2) is 17.3. The van der Waals surface area contributed by atoms with Gasteiger partial charge in [0.05, 0.1) is 0 Å². The molecular weight excluding hydrogens is 418 g/mol. The van der Waals surface area contributed by atoms with Gasteiger partial charge >= 0.3 is 0 Å². The van der Waals surface area contributed by atoms with E-state index in [0.717, 1.165) is 46.3 Å². The number of carbonyl (C=O) groups is 2. The molecule has 0 radical (unpaired) electrons. The molecule has 0 bridgehead atoms. The Morgan fingerprint density at radius 2 is 1.53 bits per heavy atom. The van der Waals surface area contributed by atoms with E-state index >= 15 is 0 Å². The number of rotatable bonds is 10. The number of hydrogen-bond donors (Lipinski definition) is 1. The predicted molar refractivity (Wildman–Crippen MR) is 152 cm³/mol. The van der Waals surface area contributed by atoms with Crippen molar-refractivity contribution in [3.63, 3.8) is 0 Å². The third kappa shape index (κ3) is 11.1. The summed E-state index contributed by atoms with van der Waals surface area (Å²) in [5, 5.41) is 2.80. The topological polar surface area (TPSA) is 46.2 Å². The van der Waals surface area contributed by atoms with Crippen molar-refractivity contribution in [3.8, 4) is 0 Å². The molecule has 0 aliphatic rings. The Balaban J connectivity index is 0. The molecule has 0 atom stereocenters. The Morgan fingerprint density at radius 1 is 0.971 bits per heavy atom. The highest BCUT2D eigenvalue weighted by Crippen LogP contribution is 2.24. The van der Waals surface area contributed by atoms with Gasteiger partial charge in [-0.05, 0) is 87.6 Å². The summed E-state index contributed by atoms with van der Waals surface area (Å²) in [4.78, 5) is 23.9.